The molecule has 0 radical (unpaired) electrons. The van der Waals surface area contributed by atoms with Gasteiger partial charge in [-0.3, -0.25) is 0 Å². The van der Waals surface area contributed by atoms with Crippen molar-refractivity contribution < 1.29 is 14.1 Å². The summed E-state index contributed by atoms with van der Waals surface area (Å²) in [5.41, 5.74) is 8.33. The second-order valence-electron chi connectivity index (χ2n) is 6.79. The van der Waals surface area contributed by atoms with Gasteiger partial charge < -0.3 is 15.5 Å². The molecule has 0 aliphatic rings. The number of pyridine rings is 1. The summed E-state index contributed by atoms with van der Waals surface area (Å²) in [6.45, 7) is 5.52. The van der Waals surface area contributed by atoms with E-state index in [1.54, 1.807) is 0 Å². The maximum Gasteiger partial charge on any atom is 0.356 e. The van der Waals surface area contributed by atoms with Gasteiger partial charge in [-0.25, -0.2) is 4.79 Å². The molecule has 0 bridgehead atoms. The molecule has 2 heterocycles. The fourth-order valence-corrected chi connectivity index (χ4v) is 2.69. The highest BCUT2D eigenvalue weighted by Gasteiger charge is 2.31. The predicted octanol–water partition coefficient (Wildman–Crippen LogP) is 3.50. The Morgan fingerprint density at radius 1 is 1.04 bits per heavy atom. The first-order valence-electron chi connectivity index (χ1n) is 8.14. The third kappa shape index (κ3) is 3.55. The van der Waals surface area contributed by atoms with E-state index in [2.05, 4.69) is 4.98 Å². The number of rotatable bonds is 3. The fourth-order valence-electron chi connectivity index (χ4n) is 2.69. The van der Waals surface area contributed by atoms with Gasteiger partial charge in [0.15, 0.2) is 18.2 Å². The largest absolute Gasteiger partial charge is 0.455 e. The molecule has 0 atom stereocenters. The fraction of sp³-hybridized carbons (Fsp3) is 0.200. The number of nitrogens with two attached hydrogens (primary N) is 1. The van der Waals surface area contributed by atoms with Gasteiger partial charge in [0.05, 0.1) is 5.56 Å². The maximum absolute atomic E-state index is 12.7. The van der Waals surface area contributed by atoms with Crippen molar-refractivity contribution in [1.29, 1.82) is 0 Å². The van der Waals surface area contributed by atoms with Gasteiger partial charge in [-0.05, 0) is 26.3 Å². The van der Waals surface area contributed by atoms with Crippen molar-refractivity contribution in [1.82, 2.24) is 4.98 Å². The molecule has 25 heavy (non-hydrogen) atoms. The molecule has 5 heteroatoms. The number of nitrogen functional groups attached to an aromatic ring is 1. The quantitative estimate of drug-likeness (QED) is 0.568. The summed E-state index contributed by atoms with van der Waals surface area (Å²) in [5.74, 6) is -0.0169. The number of benzene rings is 1. The molecule has 0 spiro atoms. The summed E-state index contributed by atoms with van der Waals surface area (Å²) in [4.78, 5) is 15.7. The zero-order valence-corrected chi connectivity index (χ0v) is 14.6. The normalized spacial score (nSPS) is 11.3. The molecule has 2 aromatic heterocycles. The molecule has 1 aromatic carbocycles. The highest BCUT2D eigenvalue weighted by atomic mass is 16.6. The lowest BCUT2D eigenvalue weighted by Gasteiger charge is -2.19. The standard InChI is InChI=1S/C20H21N3O2/c1-20(2,3)25-19(24)16-15(14-10-6-4-7-11-14)17(18(21)22-16)23-12-8-5-9-13-23/h4-13H,1-3H3,(H2-,21,22,24)/p+1. The summed E-state index contributed by atoms with van der Waals surface area (Å²) >= 11 is 0. The Hall–Kier alpha value is -3.08. The Bertz CT molecular complexity index is 879. The Kier molecular flexibility index (Phi) is 4.31. The number of hydrogen-bond acceptors (Lipinski definition) is 3. The van der Waals surface area contributed by atoms with Gasteiger partial charge in [-0.2, -0.15) is 4.57 Å². The second kappa shape index (κ2) is 6.43. The minimum Gasteiger partial charge on any atom is -0.455 e. The lowest BCUT2D eigenvalue weighted by molar-refractivity contribution is -0.594. The van der Waals surface area contributed by atoms with E-state index < -0.39 is 11.6 Å². The van der Waals surface area contributed by atoms with Crippen LogP contribution in [0.15, 0.2) is 60.9 Å². The van der Waals surface area contributed by atoms with Gasteiger partial charge in [0, 0.05) is 12.1 Å². The van der Waals surface area contributed by atoms with E-state index in [0.717, 1.165) is 16.8 Å². The van der Waals surface area contributed by atoms with Crippen molar-refractivity contribution in [3.05, 3.63) is 66.6 Å². The Morgan fingerprint density at radius 3 is 2.24 bits per heavy atom. The van der Waals surface area contributed by atoms with Crippen molar-refractivity contribution in [3.63, 3.8) is 0 Å². The van der Waals surface area contributed by atoms with Crippen LogP contribution in [0.2, 0.25) is 0 Å². The molecule has 5 nitrogen and oxygen atoms in total. The lowest BCUT2D eigenvalue weighted by atomic mass is 10.0. The Morgan fingerprint density at radius 2 is 1.64 bits per heavy atom. The number of ether oxygens (including phenoxy) is 1. The number of anilines is 1. The zero-order chi connectivity index (χ0) is 18.0. The number of nitrogens with zero attached hydrogens (tertiary/aromatic N) is 1. The average molecular weight is 336 g/mol. The molecule has 0 fully saturated rings. The third-order valence-electron chi connectivity index (χ3n) is 3.64. The number of nitrogens with one attached hydrogen (secondary N) is 1. The molecule has 0 unspecified atom stereocenters. The van der Waals surface area contributed by atoms with Crippen LogP contribution >= 0.6 is 0 Å². The predicted molar refractivity (Wildman–Crippen MR) is 97.3 cm³/mol. The first kappa shape index (κ1) is 16.8. The van der Waals surface area contributed by atoms with E-state index in [9.17, 15) is 4.79 Å². The number of carbonyl (C=O) groups is 1. The van der Waals surface area contributed by atoms with Crippen LogP contribution in [0.3, 0.4) is 0 Å². The topological polar surface area (TPSA) is 72.0 Å². The number of hydrogen-bond donors (Lipinski definition) is 2. The van der Waals surface area contributed by atoms with Crippen LogP contribution in [0.25, 0.3) is 16.8 Å². The maximum atomic E-state index is 12.7. The Balaban J connectivity index is 2.22. The number of aromatic nitrogens is 2. The minimum absolute atomic E-state index is 0.352. The van der Waals surface area contributed by atoms with Gasteiger partial charge in [-0.15, -0.1) is 0 Å². The van der Waals surface area contributed by atoms with Gasteiger partial charge in [0.2, 0.25) is 0 Å². The molecule has 0 aliphatic carbocycles. The summed E-state index contributed by atoms with van der Waals surface area (Å²) in [6.07, 6.45) is 3.79. The molecular formula is C20H22N3O2+. The van der Waals surface area contributed by atoms with Crippen LogP contribution in [0, 0.1) is 0 Å². The summed E-state index contributed by atoms with van der Waals surface area (Å²) in [7, 11) is 0. The number of carbonyl (C=O) groups excluding carboxylic acids is 1. The zero-order valence-electron chi connectivity index (χ0n) is 14.6. The number of esters is 1. The van der Waals surface area contributed by atoms with Gasteiger partial charge >= 0.3 is 5.97 Å². The first-order valence-corrected chi connectivity index (χ1v) is 8.14. The Labute approximate surface area is 147 Å². The van der Waals surface area contributed by atoms with Crippen LogP contribution < -0.4 is 10.3 Å². The molecule has 3 rings (SSSR count). The molecule has 0 amide bonds. The van der Waals surface area contributed by atoms with E-state index in [0.29, 0.717) is 11.5 Å². The summed E-state index contributed by atoms with van der Waals surface area (Å²) in [5, 5.41) is 0. The highest BCUT2D eigenvalue weighted by Crippen LogP contribution is 2.33. The highest BCUT2D eigenvalue weighted by molar-refractivity contribution is 6.00. The second-order valence-corrected chi connectivity index (χ2v) is 6.79. The van der Waals surface area contributed by atoms with E-state index in [1.807, 2.05) is 86.3 Å². The molecule has 3 N–H and O–H groups in total. The average Bonchev–Trinajstić information content (AvgIpc) is 2.92. The molecular weight excluding hydrogens is 314 g/mol. The monoisotopic (exact) mass is 336 g/mol. The molecule has 128 valence electrons. The van der Waals surface area contributed by atoms with Gasteiger partial charge in [0.25, 0.3) is 5.69 Å². The van der Waals surface area contributed by atoms with E-state index in [4.69, 9.17) is 10.5 Å². The van der Waals surface area contributed by atoms with Crippen LogP contribution in [0.5, 0.6) is 0 Å². The SMILES string of the molecule is CC(C)(C)OC(=O)c1[nH]c(N)c(-[n+]2ccccc2)c1-c1ccccc1. The molecule has 0 aliphatic heterocycles. The van der Waals surface area contributed by atoms with Crippen molar-refractivity contribution in [2.45, 2.75) is 26.4 Å². The van der Waals surface area contributed by atoms with E-state index >= 15 is 0 Å². The smallest absolute Gasteiger partial charge is 0.356 e. The van der Waals surface area contributed by atoms with Crippen molar-refractivity contribution in [2.24, 2.45) is 0 Å². The van der Waals surface area contributed by atoms with Crippen molar-refractivity contribution >= 4 is 11.8 Å². The third-order valence-corrected chi connectivity index (χ3v) is 3.64. The molecule has 0 saturated carbocycles. The minimum atomic E-state index is -0.592. The van der Waals surface area contributed by atoms with Crippen LogP contribution in [-0.2, 0) is 4.74 Å². The van der Waals surface area contributed by atoms with Crippen LogP contribution in [0.1, 0.15) is 31.3 Å². The van der Waals surface area contributed by atoms with Crippen LogP contribution in [-0.4, -0.2) is 16.6 Å². The van der Waals surface area contributed by atoms with Crippen LogP contribution in [0.4, 0.5) is 5.82 Å². The van der Waals surface area contributed by atoms with Crippen molar-refractivity contribution in [2.75, 3.05) is 5.73 Å². The summed E-state index contributed by atoms with van der Waals surface area (Å²) < 4.78 is 7.45. The molecule has 0 saturated heterocycles. The van der Waals surface area contributed by atoms with Gasteiger partial charge in [-0.1, -0.05) is 36.4 Å². The number of H-pyrrole nitrogens is 1. The van der Waals surface area contributed by atoms with Crippen molar-refractivity contribution in [3.8, 4) is 16.8 Å². The summed E-state index contributed by atoms with van der Waals surface area (Å²) in [6, 6.07) is 15.4. The number of aromatic amines is 1. The lowest BCUT2D eigenvalue weighted by Crippen LogP contribution is -2.30. The van der Waals surface area contributed by atoms with E-state index in [1.165, 1.54) is 0 Å². The van der Waals surface area contributed by atoms with Gasteiger partial charge in [0.1, 0.15) is 11.3 Å². The van der Waals surface area contributed by atoms with E-state index in [-0.39, 0.29) is 0 Å². The first-order chi connectivity index (χ1) is 11.9. The molecule has 3 aromatic rings.